The molecule has 2 heterocycles. The molecule has 1 aliphatic heterocycles. The average molecular weight is 319 g/mol. The molecule has 0 bridgehead atoms. The lowest BCUT2D eigenvalue weighted by molar-refractivity contribution is 0.620. The summed E-state index contributed by atoms with van der Waals surface area (Å²) in [5.41, 5.74) is 1.50. The summed E-state index contributed by atoms with van der Waals surface area (Å²) in [5.74, 6) is 1.90. The number of benzene rings is 1. The predicted octanol–water partition coefficient (Wildman–Crippen LogP) is 4.46. The molecule has 19 heavy (non-hydrogen) atoms. The number of thioether (sulfide) groups is 1. The Morgan fingerprint density at radius 2 is 2.32 bits per heavy atom. The number of imidazole rings is 1. The third-order valence-electron chi connectivity index (χ3n) is 3.40. The second-order valence-electron chi connectivity index (χ2n) is 4.66. The molecule has 1 atom stereocenters. The van der Waals surface area contributed by atoms with Crippen molar-refractivity contribution in [1.82, 2.24) is 9.55 Å². The molecule has 1 aromatic carbocycles. The van der Waals surface area contributed by atoms with Crippen LogP contribution >= 0.6 is 35.0 Å². The molecule has 1 aliphatic rings. The van der Waals surface area contributed by atoms with Gasteiger partial charge >= 0.3 is 0 Å². The summed E-state index contributed by atoms with van der Waals surface area (Å²) in [4.78, 5) is 4.45. The molecule has 0 saturated carbocycles. The van der Waals surface area contributed by atoms with Crippen molar-refractivity contribution in [1.29, 1.82) is 0 Å². The Bertz CT molecular complexity index is 608. The number of hydrogen-bond donors (Lipinski definition) is 0. The highest BCUT2D eigenvalue weighted by Gasteiger charge is 2.20. The van der Waals surface area contributed by atoms with Gasteiger partial charge in [0.1, 0.15) is 11.6 Å². The van der Waals surface area contributed by atoms with Crippen LogP contribution < -0.4 is 0 Å². The monoisotopic (exact) mass is 318 g/mol. The van der Waals surface area contributed by atoms with Crippen LogP contribution in [0.15, 0.2) is 12.1 Å². The summed E-state index contributed by atoms with van der Waals surface area (Å²) in [6.07, 6.45) is 2.44. The standard InChI is InChI=1S/C13H13Cl2FN2S/c14-6-13-17-11-4-9(15)10(16)5-12(11)18(13)7-8-2-1-3-19-8/h4-5,8H,1-3,6-7H2. The molecule has 0 N–H and O–H groups in total. The minimum atomic E-state index is -0.407. The van der Waals surface area contributed by atoms with Crippen LogP contribution in [0.5, 0.6) is 0 Å². The first-order valence-electron chi connectivity index (χ1n) is 6.21. The molecule has 6 heteroatoms. The Hall–Kier alpha value is -0.450. The molecule has 0 spiro atoms. The van der Waals surface area contributed by atoms with E-state index in [1.54, 1.807) is 6.07 Å². The third-order valence-corrected chi connectivity index (χ3v) is 5.31. The van der Waals surface area contributed by atoms with Gasteiger partial charge in [-0.1, -0.05) is 11.6 Å². The molecular weight excluding hydrogens is 306 g/mol. The van der Waals surface area contributed by atoms with Crippen LogP contribution in [0, 0.1) is 5.82 Å². The van der Waals surface area contributed by atoms with Gasteiger partial charge in [0.2, 0.25) is 0 Å². The lowest BCUT2D eigenvalue weighted by atomic mass is 10.2. The second kappa shape index (κ2) is 5.51. The van der Waals surface area contributed by atoms with Crippen molar-refractivity contribution in [2.75, 3.05) is 5.75 Å². The second-order valence-corrected chi connectivity index (χ2v) is 6.75. The van der Waals surface area contributed by atoms with E-state index in [0.717, 1.165) is 17.9 Å². The van der Waals surface area contributed by atoms with Crippen LogP contribution in [-0.4, -0.2) is 20.6 Å². The fourth-order valence-electron chi connectivity index (χ4n) is 2.47. The van der Waals surface area contributed by atoms with E-state index in [4.69, 9.17) is 23.2 Å². The number of halogens is 3. The zero-order chi connectivity index (χ0) is 13.4. The van der Waals surface area contributed by atoms with Gasteiger partial charge in [-0.25, -0.2) is 9.37 Å². The highest BCUT2D eigenvalue weighted by atomic mass is 35.5. The zero-order valence-corrected chi connectivity index (χ0v) is 12.5. The van der Waals surface area contributed by atoms with Crippen LogP contribution in [-0.2, 0) is 12.4 Å². The van der Waals surface area contributed by atoms with E-state index in [-0.39, 0.29) is 5.02 Å². The Kier molecular flexibility index (Phi) is 3.92. The zero-order valence-electron chi connectivity index (χ0n) is 10.2. The average Bonchev–Trinajstić information content (AvgIpc) is 3.00. The first-order chi connectivity index (χ1) is 9.19. The van der Waals surface area contributed by atoms with E-state index in [0.29, 0.717) is 16.6 Å². The molecule has 2 aromatic rings. The van der Waals surface area contributed by atoms with Gasteiger partial charge in [0.15, 0.2) is 0 Å². The van der Waals surface area contributed by atoms with E-state index in [1.807, 2.05) is 16.3 Å². The summed E-state index contributed by atoms with van der Waals surface area (Å²) in [6.45, 7) is 0.838. The lowest BCUT2D eigenvalue weighted by Crippen LogP contribution is -2.12. The number of fused-ring (bicyclic) bond motifs is 1. The molecule has 2 nitrogen and oxygen atoms in total. The van der Waals surface area contributed by atoms with Crippen molar-refractivity contribution < 1.29 is 4.39 Å². The molecule has 3 rings (SSSR count). The third kappa shape index (κ3) is 2.58. The fourth-order valence-corrected chi connectivity index (χ4v) is 4.08. The molecule has 0 radical (unpaired) electrons. The van der Waals surface area contributed by atoms with Gasteiger partial charge in [-0.15, -0.1) is 11.6 Å². The number of rotatable bonds is 3. The topological polar surface area (TPSA) is 17.8 Å². The van der Waals surface area contributed by atoms with Crippen molar-refractivity contribution in [3.05, 3.63) is 28.8 Å². The number of nitrogens with zero attached hydrogens (tertiary/aromatic N) is 2. The van der Waals surface area contributed by atoms with Crippen molar-refractivity contribution in [3.63, 3.8) is 0 Å². The van der Waals surface area contributed by atoms with E-state index < -0.39 is 5.82 Å². The molecule has 1 unspecified atom stereocenters. The summed E-state index contributed by atoms with van der Waals surface area (Å²) in [7, 11) is 0. The Morgan fingerprint density at radius 3 is 3.00 bits per heavy atom. The number of aromatic nitrogens is 2. The normalized spacial score (nSPS) is 19.4. The first-order valence-corrected chi connectivity index (χ1v) is 8.17. The number of hydrogen-bond acceptors (Lipinski definition) is 2. The van der Waals surface area contributed by atoms with Crippen molar-refractivity contribution >= 4 is 46.0 Å². The summed E-state index contributed by atoms with van der Waals surface area (Å²) >= 11 is 13.7. The quantitative estimate of drug-likeness (QED) is 0.777. The molecule has 0 amide bonds. The fraction of sp³-hybridized carbons (Fsp3) is 0.462. The minimum absolute atomic E-state index is 0.105. The van der Waals surface area contributed by atoms with Gasteiger partial charge in [-0.3, -0.25) is 0 Å². The maximum Gasteiger partial charge on any atom is 0.144 e. The minimum Gasteiger partial charge on any atom is -0.326 e. The van der Waals surface area contributed by atoms with Crippen molar-refractivity contribution in [3.8, 4) is 0 Å². The van der Waals surface area contributed by atoms with Crippen molar-refractivity contribution in [2.24, 2.45) is 0 Å². The number of alkyl halides is 1. The van der Waals surface area contributed by atoms with E-state index in [1.165, 1.54) is 24.7 Å². The Labute approximate surface area is 125 Å². The van der Waals surface area contributed by atoms with Gasteiger partial charge < -0.3 is 4.57 Å². The van der Waals surface area contributed by atoms with Gasteiger partial charge in [-0.2, -0.15) is 11.8 Å². The summed E-state index contributed by atoms with van der Waals surface area (Å²) in [6, 6.07) is 3.03. The van der Waals surface area contributed by atoms with E-state index in [9.17, 15) is 4.39 Å². The molecule has 1 fully saturated rings. The van der Waals surface area contributed by atoms with Gasteiger partial charge in [0.05, 0.1) is 21.9 Å². The van der Waals surface area contributed by atoms with Crippen LogP contribution in [0.1, 0.15) is 18.7 Å². The SMILES string of the molecule is Fc1cc2c(cc1Cl)nc(CCl)n2CC1CCCS1. The Morgan fingerprint density at radius 1 is 1.47 bits per heavy atom. The maximum atomic E-state index is 13.6. The molecule has 102 valence electrons. The summed E-state index contributed by atoms with van der Waals surface area (Å²) < 4.78 is 15.7. The van der Waals surface area contributed by atoms with Gasteiger partial charge in [-0.05, 0) is 24.7 Å². The smallest absolute Gasteiger partial charge is 0.144 e. The van der Waals surface area contributed by atoms with E-state index >= 15 is 0 Å². The van der Waals surface area contributed by atoms with E-state index in [2.05, 4.69) is 4.98 Å². The molecule has 0 aliphatic carbocycles. The first kappa shape index (κ1) is 13.5. The molecular formula is C13H13Cl2FN2S. The predicted molar refractivity (Wildman–Crippen MR) is 79.7 cm³/mol. The van der Waals surface area contributed by atoms with Crippen LogP contribution in [0.2, 0.25) is 5.02 Å². The molecule has 1 aromatic heterocycles. The van der Waals surface area contributed by atoms with Crippen molar-refractivity contribution in [2.45, 2.75) is 30.5 Å². The van der Waals surface area contributed by atoms with Crippen LogP contribution in [0.3, 0.4) is 0 Å². The largest absolute Gasteiger partial charge is 0.326 e. The van der Waals surface area contributed by atoms with Crippen LogP contribution in [0.25, 0.3) is 11.0 Å². The lowest BCUT2D eigenvalue weighted by Gasteiger charge is -2.12. The summed E-state index contributed by atoms with van der Waals surface area (Å²) in [5, 5.41) is 0.673. The Balaban J connectivity index is 2.06. The van der Waals surface area contributed by atoms with Gasteiger partial charge in [0, 0.05) is 17.9 Å². The maximum absolute atomic E-state index is 13.6. The highest BCUT2D eigenvalue weighted by molar-refractivity contribution is 8.00. The highest BCUT2D eigenvalue weighted by Crippen LogP contribution is 2.30. The van der Waals surface area contributed by atoms with Crippen LogP contribution in [0.4, 0.5) is 4.39 Å². The van der Waals surface area contributed by atoms with Gasteiger partial charge in [0.25, 0.3) is 0 Å². The molecule has 1 saturated heterocycles.